The van der Waals surface area contributed by atoms with E-state index in [4.69, 9.17) is 0 Å². The van der Waals surface area contributed by atoms with Crippen molar-refractivity contribution in [1.29, 1.82) is 0 Å². The quantitative estimate of drug-likeness (QED) is 0.368. The van der Waals surface area contributed by atoms with Gasteiger partial charge in [0.1, 0.15) is 0 Å². The SMILES string of the molecule is CN=C(NCCCC(=O)NC1CC1)NCc1ccc(N2CCCC2=O)cc1. The van der Waals surface area contributed by atoms with Gasteiger partial charge in [-0.2, -0.15) is 0 Å². The van der Waals surface area contributed by atoms with E-state index < -0.39 is 0 Å². The summed E-state index contributed by atoms with van der Waals surface area (Å²) >= 11 is 0. The van der Waals surface area contributed by atoms with Crippen LogP contribution in [-0.4, -0.2) is 44.0 Å². The van der Waals surface area contributed by atoms with Crippen LogP contribution in [0.1, 0.15) is 44.1 Å². The fourth-order valence-corrected chi connectivity index (χ4v) is 3.10. The molecule has 1 aliphatic carbocycles. The van der Waals surface area contributed by atoms with Crippen LogP contribution in [0.2, 0.25) is 0 Å². The van der Waals surface area contributed by atoms with Crippen molar-refractivity contribution >= 4 is 23.5 Å². The van der Waals surface area contributed by atoms with E-state index in [0.29, 0.717) is 32.0 Å². The van der Waals surface area contributed by atoms with E-state index in [0.717, 1.165) is 49.4 Å². The first-order valence-corrected chi connectivity index (χ1v) is 9.79. The summed E-state index contributed by atoms with van der Waals surface area (Å²) in [5, 5.41) is 9.50. The number of hydrogen-bond acceptors (Lipinski definition) is 3. The maximum Gasteiger partial charge on any atom is 0.227 e. The van der Waals surface area contributed by atoms with Crippen LogP contribution in [0.25, 0.3) is 0 Å². The Morgan fingerprint density at radius 3 is 2.63 bits per heavy atom. The second kappa shape index (κ2) is 9.39. The van der Waals surface area contributed by atoms with Gasteiger partial charge in [-0.05, 0) is 43.4 Å². The average Bonchev–Trinajstić information content (AvgIpc) is 3.39. The molecule has 0 unspecified atom stereocenters. The summed E-state index contributed by atoms with van der Waals surface area (Å²) in [6.45, 7) is 2.16. The lowest BCUT2D eigenvalue weighted by Gasteiger charge is -2.16. The number of nitrogens with one attached hydrogen (secondary N) is 3. The molecule has 2 fully saturated rings. The Bertz CT molecular complexity index is 682. The van der Waals surface area contributed by atoms with Gasteiger partial charge in [-0.1, -0.05) is 12.1 Å². The molecule has 7 heteroatoms. The van der Waals surface area contributed by atoms with Crippen LogP contribution in [0.15, 0.2) is 29.3 Å². The molecule has 1 aromatic carbocycles. The molecule has 2 amide bonds. The molecule has 0 bridgehead atoms. The molecule has 1 heterocycles. The Labute approximate surface area is 160 Å². The van der Waals surface area contributed by atoms with Gasteiger partial charge in [-0.3, -0.25) is 14.6 Å². The first-order valence-electron chi connectivity index (χ1n) is 9.79. The first-order chi connectivity index (χ1) is 13.2. The summed E-state index contributed by atoms with van der Waals surface area (Å²) in [6, 6.07) is 8.48. The minimum Gasteiger partial charge on any atom is -0.356 e. The van der Waals surface area contributed by atoms with Crippen LogP contribution in [0.4, 0.5) is 5.69 Å². The molecule has 2 aliphatic rings. The van der Waals surface area contributed by atoms with Crippen molar-refractivity contribution in [2.45, 2.75) is 51.1 Å². The normalized spacial score (nSPS) is 17.1. The van der Waals surface area contributed by atoms with Gasteiger partial charge in [0, 0.05) is 51.3 Å². The minimum absolute atomic E-state index is 0.138. The fraction of sp³-hybridized carbons (Fsp3) is 0.550. The Balaban J connectivity index is 1.36. The number of rotatable bonds is 8. The molecule has 146 valence electrons. The van der Waals surface area contributed by atoms with Crippen molar-refractivity contribution < 1.29 is 9.59 Å². The summed E-state index contributed by atoms with van der Waals surface area (Å²) in [5.41, 5.74) is 2.09. The van der Waals surface area contributed by atoms with Crippen LogP contribution in [0, 0.1) is 0 Å². The number of nitrogens with zero attached hydrogens (tertiary/aromatic N) is 2. The lowest BCUT2D eigenvalue weighted by Crippen LogP contribution is -2.37. The standard InChI is InChI=1S/C20H29N5O2/c1-21-20(22-12-2-4-18(26)24-16-8-9-16)23-14-15-6-10-17(11-7-15)25-13-3-5-19(25)27/h6-7,10-11,16H,2-5,8-9,12-14H2,1H3,(H,24,26)(H2,21,22,23). The molecule has 3 N–H and O–H groups in total. The lowest BCUT2D eigenvalue weighted by molar-refractivity contribution is -0.121. The average molecular weight is 371 g/mol. The third kappa shape index (κ3) is 5.98. The largest absolute Gasteiger partial charge is 0.356 e. The van der Waals surface area contributed by atoms with Gasteiger partial charge >= 0.3 is 0 Å². The third-order valence-electron chi connectivity index (χ3n) is 4.82. The van der Waals surface area contributed by atoms with E-state index in [1.54, 1.807) is 7.05 Å². The van der Waals surface area contributed by atoms with Crippen molar-refractivity contribution in [2.75, 3.05) is 25.0 Å². The number of anilines is 1. The maximum absolute atomic E-state index is 11.8. The Hall–Kier alpha value is -2.57. The van der Waals surface area contributed by atoms with Crippen molar-refractivity contribution in [3.63, 3.8) is 0 Å². The molecule has 0 spiro atoms. The van der Waals surface area contributed by atoms with Crippen LogP contribution >= 0.6 is 0 Å². The molecule has 1 saturated carbocycles. The number of aliphatic imine (C=N–C) groups is 1. The Kier molecular flexibility index (Phi) is 6.68. The van der Waals surface area contributed by atoms with Crippen molar-refractivity contribution in [3.8, 4) is 0 Å². The molecule has 1 aromatic rings. The highest BCUT2D eigenvalue weighted by molar-refractivity contribution is 5.95. The second-order valence-electron chi connectivity index (χ2n) is 7.11. The van der Waals surface area contributed by atoms with Gasteiger partial charge in [0.15, 0.2) is 5.96 Å². The minimum atomic E-state index is 0.138. The molecule has 0 radical (unpaired) electrons. The van der Waals surface area contributed by atoms with E-state index in [2.05, 4.69) is 20.9 Å². The molecule has 0 aromatic heterocycles. The highest BCUT2D eigenvalue weighted by Gasteiger charge is 2.23. The maximum atomic E-state index is 11.8. The molecule has 3 rings (SSSR count). The monoisotopic (exact) mass is 371 g/mol. The molecule has 0 atom stereocenters. The highest BCUT2D eigenvalue weighted by atomic mass is 16.2. The topological polar surface area (TPSA) is 85.8 Å². The van der Waals surface area contributed by atoms with Crippen LogP contribution in [0.3, 0.4) is 0 Å². The predicted octanol–water partition coefficient (Wildman–Crippen LogP) is 1.54. The zero-order valence-electron chi connectivity index (χ0n) is 16.0. The molecule has 27 heavy (non-hydrogen) atoms. The van der Waals surface area contributed by atoms with E-state index in [1.165, 1.54) is 0 Å². The summed E-state index contributed by atoms with van der Waals surface area (Å²) in [4.78, 5) is 29.5. The summed E-state index contributed by atoms with van der Waals surface area (Å²) in [6.07, 6.45) is 5.14. The van der Waals surface area contributed by atoms with Crippen LogP contribution in [-0.2, 0) is 16.1 Å². The molecular weight excluding hydrogens is 342 g/mol. The number of amides is 2. The van der Waals surface area contributed by atoms with Crippen molar-refractivity contribution in [1.82, 2.24) is 16.0 Å². The summed E-state index contributed by atoms with van der Waals surface area (Å²) in [7, 11) is 1.73. The predicted molar refractivity (Wildman–Crippen MR) is 107 cm³/mol. The Morgan fingerprint density at radius 1 is 1.22 bits per heavy atom. The third-order valence-corrected chi connectivity index (χ3v) is 4.82. The summed E-state index contributed by atoms with van der Waals surface area (Å²) in [5.74, 6) is 1.06. The van der Waals surface area contributed by atoms with Gasteiger partial charge < -0.3 is 20.9 Å². The Morgan fingerprint density at radius 2 is 2.00 bits per heavy atom. The molecule has 1 aliphatic heterocycles. The smallest absolute Gasteiger partial charge is 0.227 e. The van der Waals surface area contributed by atoms with E-state index in [-0.39, 0.29) is 11.8 Å². The van der Waals surface area contributed by atoms with Gasteiger partial charge in [-0.25, -0.2) is 0 Å². The van der Waals surface area contributed by atoms with Crippen LogP contribution in [0.5, 0.6) is 0 Å². The van der Waals surface area contributed by atoms with E-state index in [1.807, 2.05) is 29.2 Å². The second-order valence-corrected chi connectivity index (χ2v) is 7.11. The van der Waals surface area contributed by atoms with Crippen LogP contribution < -0.4 is 20.9 Å². The fourth-order valence-electron chi connectivity index (χ4n) is 3.10. The van der Waals surface area contributed by atoms with Gasteiger partial charge in [0.2, 0.25) is 11.8 Å². The lowest BCUT2D eigenvalue weighted by atomic mass is 10.2. The van der Waals surface area contributed by atoms with Crippen molar-refractivity contribution in [2.24, 2.45) is 4.99 Å². The number of carbonyl (C=O) groups is 2. The number of hydrogen-bond donors (Lipinski definition) is 3. The van der Waals surface area contributed by atoms with Gasteiger partial charge in [0.25, 0.3) is 0 Å². The first kappa shape index (κ1) is 19.2. The zero-order valence-corrected chi connectivity index (χ0v) is 16.0. The van der Waals surface area contributed by atoms with E-state index in [9.17, 15) is 9.59 Å². The van der Waals surface area contributed by atoms with E-state index >= 15 is 0 Å². The number of benzene rings is 1. The zero-order chi connectivity index (χ0) is 19.1. The number of guanidine groups is 1. The molecular formula is C20H29N5O2. The van der Waals surface area contributed by atoms with Gasteiger partial charge in [0.05, 0.1) is 0 Å². The molecule has 1 saturated heterocycles. The molecule has 7 nitrogen and oxygen atoms in total. The summed E-state index contributed by atoms with van der Waals surface area (Å²) < 4.78 is 0. The van der Waals surface area contributed by atoms with Crippen molar-refractivity contribution in [3.05, 3.63) is 29.8 Å². The van der Waals surface area contributed by atoms with Gasteiger partial charge in [-0.15, -0.1) is 0 Å². The number of carbonyl (C=O) groups excluding carboxylic acids is 2. The highest BCUT2D eigenvalue weighted by Crippen LogP contribution is 2.21.